The molecule has 5 nitrogen and oxygen atoms in total. The van der Waals surface area contributed by atoms with Crippen LogP contribution < -0.4 is 5.32 Å². The average molecular weight is 261 g/mol. The SMILES string of the molecule is CCNC(C)(CCCCOC(C)COC)C(=O)O. The fourth-order valence-electron chi connectivity index (χ4n) is 1.81. The lowest BCUT2D eigenvalue weighted by Gasteiger charge is -2.25. The zero-order valence-corrected chi connectivity index (χ0v) is 12.0. The number of ether oxygens (including phenoxy) is 2. The van der Waals surface area contributed by atoms with Crippen molar-refractivity contribution in [3.63, 3.8) is 0 Å². The van der Waals surface area contributed by atoms with Gasteiger partial charge in [0.15, 0.2) is 0 Å². The van der Waals surface area contributed by atoms with Gasteiger partial charge < -0.3 is 19.9 Å². The highest BCUT2D eigenvalue weighted by Gasteiger charge is 2.30. The van der Waals surface area contributed by atoms with E-state index in [2.05, 4.69) is 5.32 Å². The third kappa shape index (κ3) is 6.93. The monoisotopic (exact) mass is 261 g/mol. The fourth-order valence-corrected chi connectivity index (χ4v) is 1.81. The quantitative estimate of drug-likeness (QED) is 0.554. The summed E-state index contributed by atoms with van der Waals surface area (Å²) in [5.41, 5.74) is -0.826. The molecule has 0 aromatic carbocycles. The number of unbranched alkanes of at least 4 members (excludes halogenated alkanes) is 1. The van der Waals surface area contributed by atoms with Crippen LogP contribution in [0.3, 0.4) is 0 Å². The van der Waals surface area contributed by atoms with Crippen LogP contribution in [0.25, 0.3) is 0 Å². The lowest BCUT2D eigenvalue weighted by atomic mass is 9.95. The number of carbonyl (C=O) groups is 1. The molecule has 0 bridgehead atoms. The summed E-state index contributed by atoms with van der Waals surface area (Å²) in [5, 5.41) is 12.2. The Labute approximate surface area is 110 Å². The maximum Gasteiger partial charge on any atom is 0.323 e. The topological polar surface area (TPSA) is 67.8 Å². The van der Waals surface area contributed by atoms with E-state index in [9.17, 15) is 4.79 Å². The van der Waals surface area contributed by atoms with Crippen LogP contribution in [0.4, 0.5) is 0 Å². The van der Waals surface area contributed by atoms with Gasteiger partial charge in [-0.3, -0.25) is 4.79 Å². The first kappa shape index (κ1) is 17.4. The van der Waals surface area contributed by atoms with Gasteiger partial charge in [0.2, 0.25) is 0 Å². The van der Waals surface area contributed by atoms with Crippen LogP contribution in [0, 0.1) is 0 Å². The Balaban J connectivity index is 3.77. The largest absolute Gasteiger partial charge is 0.480 e. The molecule has 108 valence electrons. The minimum Gasteiger partial charge on any atom is -0.480 e. The van der Waals surface area contributed by atoms with Gasteiger partial charge in [0.05, 0.1) is 12.7 Å². The normalized spacial score (nSPS) is 16.2. The highest BCUT2D eigenvalue weighted by molar-refractivity contribution is 5.78. The van der Waals surface area contributed by atoms with Crippen LogP contribution in [0.15, 0.2) is 0 Å². The van der Waals surface area contributed by atoms with Crippen LogP contribution in [-0.4, -0.2) is 49.6 Å². The number of hydrogen-bond donors (Lipinski definition) is 2. The van der Waals surface area contributed by atoms with E-state index in [4.69, 9.17) is 14.6 Å². The maximum absolute atomic E-state index is 11.2. The number of methoxy groups -OCH3 is 1. The highest BCUT2D eigenvalue weighted by Crippen LogP contribution is 2.14. The minimum atomic E-state index is -0.826. The van der Waals surface area contributed by atoms with Gasteiger partial charge in [0, 0.05) is 13.7 Å². The van der Waals surface area contributed by atoms with Crippen molar-refractivity contribution in [2.75, 3.05) is 26.9 Å². The Hall–Kier alpha value is -0.650. The fraction of sp³-hybridized carbons (Fsp3) is 0.923. The second kappa shape index (κ2) is 9.30. The van der Waals surface area contributed by atoms with E-state index in [1.54, 1.807) is 14.0 Å². The Kier molecular flexibility index (Phi) is 8.97. The molecule has 0 aliphatic rings. The number of carboxylic acids is 1. The first-order valence-corrected chi connectivity index (χ1v) is 6.55. The smallest absolute Gasteiger partial charge is 0.323 e. The van der Waals surface area contributed by atoms with Gasteiger partial charge in [-0.25, -0.2) is 0 Å². The molecule has 0 spiro atoms. The van der Waals surface area contributed by atoms with Gasteiger partial charge in [-0.15, -0.1) is 0 Å². The van der Waals surface area contributed by atoms with E-state index in [0.717, 1.165) is 12.8 Å². The molecular weight excluding hydrogens is 234 g/mol. The highest BCUT2D eigenvalue weighted by atomic mass is 16.5. The maximum atomic E-state index is 11.2. The van der Waals surface area contributed by atoms with E-state index in [0.29, 0.717) is 26.2 Å². The average Bonchev–Trinajstić information content (AvgIpc) is 2.29. The second-order valence-corrected chi connectivity index (χ2v) is 4.76. The van der Waals surface area contributed by atoms with E-state index in [1.165, 1.54) is 0 Å². The summed E-state index contributed by atoms with van der Waals surface area (Å²) in [4.78, 5) is 11.2. The number of aliphatic carboxylic acids is 1. The molecule has 0 heterocycles. The van der Waals surface area contributed by atoms with Gasteiger partial charge in [0.1, 0.15) is 5.54 Å². The van der Waals surface area contributed by atoms with Crippen LogP contribution >= 0.6 is 0 Å². The molecule has 0 radical (unpaired) electrons. The van der Waals surface area contributed by atoms with Gasteiger partial charge in [0.25, 0.3) is 0 Å². The number of nitrogens with one attached hydrogen (secondary N) is 1. The number of hydrogen-bond acceptors (Lipinski definition) is 4. The summed E-state index contributed by atoms with van der Waals surface area (Å²) in [6.45, 7) is 7.49. The molecule has 0 saturated carbocycles. The van der Waals surface area contributed by atoms with Crippen molar-refractivity contribution >= 4 is 5.97 Å². The van der Waals surface area contributed by atoms with E-state index < -0.39 is 11.5 Å². The van der Waals surface area contributed by atoms with Crippen molar-refractivity contribution in [1.29, 1.82) is 0 Å². The molecule has 5 heteroatoms. The van der Waals surface area contributed by atoms with Crippen LogP contribution in [0.2, 0.25) is 0 Å². The predicted octanol–water partition coefficient (Wildman–Crippen LogP) is 1.66. The van der Waals surface area contributed by atoms with E-state index >= 15 is 0 Å². The molecule has 0 saturated heterocycles. The first-order valence-electron chi connectivity index (χ1n) is 6.55. The van der Waals surface area contributed by atoms with Gasteiger partial charge in [-0.05, 0) is 39.7 Å². The molecule has 0 rings (SSSR count). The Bertz CT molecular complexity index is 235. The van der Waals surface area contributed by atoms with E-state index in [-0.39, 0.29) is 6.10 Å². The molecule has 18 heavy (non-hydrogen) atoms. The lowest BCUT2D eigenvalue weighted by molar-refractivity contribution is -0.144. The van der Waals surface area contributed by atoms with Crippen molar-refractivity contribution in [1.82, 2.24) is 5.32 Å². The standard InChI is InChI=1S/C13H27NO4/c1-5-14-13(3,12(15)16)8-6-7-9-18-11(2)10-17-4/h11,14H,5-10H2,1-4H3,(H,15,16). The summed E-state index contributed by atoms with van der Waals surface area (Å²) in [7, 11) is 1.65. The van der Waals surface area contributed by atoms with E-state index in [1.807, 2.05) is 13.8 Å². The van der Waals surface area contributed by atoms with Gasteiger partial charge in [-0.2, -0.15) is 0 Å². The lowest BCUT2D eigenvalue weighted by Crippen LogP contribution is -2.49. The number of rotatable bonds is 11. The van der Waals surface area contributed by atoms with Gasteiger partial charge >= 0.3 is 5.97 Å². The van der Waals surface area contributed by atoms with Crippen molar-refractivity contribution in [3.05, 3.63) is 0 Å². The van der Waals surface area contributed by atoms with Crippen LogP contribution in [0.1, 0.15) is 40.0 Å². The summed E-state index contributed by atoms with van der Waals surface area (Å²) in [6, 6.07) is 0. The van der Waals surface area contributed by atoms with Crippen molar-refractivity contribution in [2.24, 2.45) is 0 Å². The Morgan fingerprint density at radius 2 is 2.11 bits per heavy atom. The molecule has 2 N–H and O–H groups in total. The Morgan fingerprint density at radius 3 is 2.61 bits per heavy atom. The molecule has 2 atom stereocenters. The number of likely N-dealkylation sites (N-methyl/N-ethyl adjacent to an activating group) is 1. The first-order chi connectivity index (χ1) is 8.46. The second-order valence-electron chi connectivity index (χ2n) is 4.76. The summed E-state index contributed by atoms with van der Waals surface area (Å²) in [5.74, 6) is -0.794. The summed E-state index contributed by atoms with van der Waals surface area (Å²) < 4.78 is 10.5. The predicted molar refractivity (Wildman–Crippen MR) is 70.9 cm³/mol. The summed E-state index contributed by atoms with van der Waals surface area (Å²) >= 11 is 0. The zero-order valence-electron chi connectivity index (χ0n) is 12.0. The molecule has 0 aliphatic carbocycles. The Morgan fingerprint density at radius 1 is 1.44 bits per heavy atom. The molecule has 0 aliphatic heterocycles. The zero-order chi connectivity index (χ0) is 14.0. The molecule has 2 unspecified atom stereocenters. The van der Waals surface area contributed by atoms with Crippen LogP contribution in [-0.2, 0) is 14.3 Å². The minimum absolute atomic E-state index is 0.0922. The summed E-state index contributed by atoms with van der Waals surface area (Å²) in [6.07, 6.45) is 2.39. The molecule has 0 amide bonds. The van der Waals surface area contributed by atoms with Crippen molar-refractivity contribution < 1.29 is 19.4 Å². The van der Waals surface area contributed by atoms with Crippen molar-refractivity contribution in [3.8, 4) is 0 Å². The third-order valence-corrected chi connectivity index (χ3v) is 2.91. The van der Waals surface area contributed by atoms with Crippen LogP contribution in [0.5, 0.6) is 0 Å². The molecule has 0 fully saturated rings. The van der Waals surface area contributed by atoms with Gasteiger partial charge in [-0.1, -0.05) is 6.92 Å². The number of carboxylic acid groups (broad SMARTS) is 1. The molecule has 0 aromatic heterocycles. The third-order valence-electron chi connectivity index (χ3n) is 2.91. The molecular formula is C13H27NO4. The molecule has 0 aromatic rings. The van der Waals surface area contributed by atoms with Crippen molar-refractivity contribution in [2.45, 2.75) is 51.7 Å².